The average molecular weight is 245 g/mol. The third kappa shape index (κ3) is 12.8. The maximum absolute atomic E-state index is 9.63. The lowest BCUT2D eigenvalue weighted by atomic mass is 10.3. The summed E-state index contributed by atoms with van der Waals surface area (Å²) < 4.78 is 27.1. The lowest BCUT2D eigenvalue weighted by Crippen LogP contribution is -2.38. The van der Waals surface area contributed by atoms with Gasteiger partial charge in [0.15, 0.2) is 0 Å². The lowest BCUT2D eigenvalue weighted by molar-refractivity contribution is -0.149. The number of rotatable bonds is 4. The molecule has 0 unspecified atom stereocenters. The molecular weight excluding hydrogens is 234 g/mol. The Balaban J connectivity index is 0. The summed E-state index contributed by atoms with van der Waals surface area (Å²) in [5, 5.41) is 23.6. The molecule has 0 spiro atoms. The molecular formula is C5H11NO8S. The van der Waals surface area contributed by atoms with Crippen molar-refractivity contribution in [2.75, 3.05) is 12.4 Å². The number of aliphatic hydroxyl groups excluding tert-OH is 1. The summed E-state index contributed by atoms with van der Waals surface area (Å²) in [7, 11) is -3.92. The van der Waals surface area contributed by atoms with Crippen LogP contribution >= 0.6 is 0 Å². The molecule has 0 saturated carbocycles. The fraction of sp³-hybridized carbons (Fsp3) is 0.600. The maximum Gasteiger partial charge on any atom is 0.332 e. The molecule has 0 aliphatic rings. The van der Waals surface area contributed by atoms with Gasteiger partial charge in [0, 0.05) is 0 Å². The molecule has 0 fully saturated rings. The van der Waals surface area contributed by atoms with E-state index in [0.29, 0.717) is 0 Å². The molecule has 0 heterocycles. The molecule has 0 bridgehead atoms. The van der Waals surface area contributed by atoms with Gasteiger partial charge in [0.05, 0.1) is 12.4 Å². The third-order valence-corrected chi connectivity index (χ3v) is 1.58. The molecule has 0 amide bonds. The summed E-state index contributed by atoms with van der Waals surface area (Å²) >= 11 is 0. The zero-order valence-corrected chi connectivity index (χ0v) is 8.22. The molecule has 9 nitrogen and oxygen atoms in total. The highest BCUT2D eigenvalue weighted by Gasteiger charge is 2.18. The monoisotopic (exact) mass is 245 g/mol. The summed E-state index contributed by atoms with van der Waals surface area (Å²) in [5.74, 6) is -3.64. The molecule has 0 aliphatic carbocycles. The summed E-state index contributed by atoms with van der Waals surface area (Å²) in [6, 6.07) is -1.80. The van der Waals surface area contributed by atoms with E-state index in [0.717, 1.165) is 0 Å². The Morgan fingerprint density at radius 1 is 1.20 bits per heavy atom. The number of nitrogens with two attached hydrogens (primary N) is 1. The van der Waals surface area contributed by atoms with Crippen LogP contribution in [0.2, 0.25) is 0 Å². The van der Waals surface area contributed by atoms with E-state index in [2.05, 4.69) is 5.73 Å². The molecule has 90 valence electrons. The van der Waals surface area contributed by atoms with Gasteiger partial charge in [-0.15, -0.1) is 0 Å². The minimum absolute atomic E-state index is 0.529. The highest BCUT2D eigenvalue weighted by Crippen LogP contribution is 1.76. The first-order valence-corrected chi connectivity index (χ1v) is 5.00. The van der Waals surface area contributed by atoms with E-state index >= 15 is 0 Å². The van der Waals surface area contributed by atoms with Crippen molar-refractivity contribution >= 4 is 22.1 Å². The van der Waals surface area contributed by atoms with Crippen LogP contribution < -0.4 is 5.73 Å². The van der Waals surface area contributed by atoms with E-state index in [4.69, 9.17) is 19.9 Å². The second kappa shape index (κ2) is 7.11. The van der Waals surface area contributed by atoms with E-state index in [9.17, 15) is 18.0 Å². The summed E-state index contributed by atoms with van der Waals surface area (Å²) in [5.41, 5.74) is 4.56. The van der Waals surface area contributed by atoms with Crippen molar-refractivity contribution in [3.63, 3.8) is 0 Å². The number of carboxylic acid groups (broad SMARTS) is 2. The highest BCUT2D eigenvalue weighted by molar-refractivity contribution is 7.85. The molecule has 6 N–H and O–H groups in total. The number of hydrogen-bond donors (Lipinski definition) is 5. The molecule has 0 aromatic heterocycles. The molecule has 0 aliphatic heterocycles. The van der Waals surface area contributed by atoms with E-state index in [-0.39, 0.29) is 0 Å². The fourth-order valence-corrected chi connectivity index (χ4v) is 0.452. The van der Waals surface area contributed by atoms with Gasteiger partial charge in [0.25, 0.3) is 10.1 Å². The highest BCUT2D eigenvalue weighted by atomic mass is 32.2. The van der Waals surface area contributed by atoms with Gasteiger partial charge in [-0.25, -0.2) is 9.59 Å². The van der Waals surface area contributed by atoms with Crippen molar-refractivity contribution in [2.45, 2.75) is 6.04 Å². The largest absolute Gasteiger partial charge is 0.480 e. The van der Waals surface area contributed by atoms with Crippen LogP contribution in [-0.4, -0.2) is 58.6 Å². The van der Waals surface area contributed by atoms with Crippen molar-refractivity contribution in [1.82, 2.24) is 0 Å². The van der Waals surface area contributed by atoms with E-state index in [1.807, 2.05) is 0 Å². The first kappa shape index (κ1) is 16.2. The summed E-state index contributed by atoms with van der Waals surface area (Å²) in [6.07, 6.45) is 0. The topological polar surface area (TPSA) is 175 Å². The second-order valence-corrected chi connectivity index (χ2v) is 3.74. The summed E-state index contributed by atoms with van der Waals surface area (Å²) in [6.45, 7) is -0.529. The Morgan fingerprint density at radius 3 is 1.53 bits per heavy atom. The molecule has 10 heteroatoms. The molecule has 0 atom stereocenters. The van der Waals surface area contributed by atoms with Gasteiger partial charge in [-0.3, -0.25) is 4.55 Å². The van der Waals surface area contributed by atoms with Crippen molar-refractivity contribution < 1.29 is 37.9 Å². The van der Waals surface area contributed by atoms with Crippen LogP contribution in [0.1, 0.15) is 0 Å². The van der Waals surface area contributed by atoms with Gasteiger partial charge < -0.3 is 21.1 Å². The Bertz CT molecular complexity index is 295. The van der Waals surface area contributed by atoms with Gasteiger partial charge >= 0.3 is 11.9 Å². The Hall–Kier alpha value is -1.23. The van der Waals surface area contributed by atoms with E-state index in [1.165, 1.54) is 0 Å². The zero-order chi connectivity index (χ0) is 12.6. The van der Waals surface area contributed by atoms with Crippen LogP contribution in [0.4, 0.5) is 0 Å². The Morgan fingerprint density at radius 2 is 1.53 bits per heavy atom. The van der Waals surface area contributed by atoms with Gasteiger partial charge in [-0.05, 0) is 0 Å². The standard InChI is InChI=1S/C3H5NO4.C2H6O4S/c4-1(2(5)6)3(7)8;3-1-2-7(4,5)6/h1H,4H2,(H,5,6)(H,7,8);3H,1-2H2,(H,4,5,6). The minimum atomic E-state index is -3.92. The minimum Gasteiger partial charge on any atom is -0.480 e. The number of hydrogen-bond acceptors (Lipinski definition) is 6. The molecule has 0 rings (SSSR count). The third-order valence-electron chi connectivity index (χ3n) is 0.881. The van der Waals surface area contributed by atoms with E-state index in [1.54, 1.807) is 0 Å². The van der Waals surface area contributed by atoms with Crippen molar-refractivity contribution in [3.8, 4) is 0 Å². The van der Waals surface area contributed by atoms with Crippen LogP contribution in [0.25, 0.3) is 0 Å². The van der Waals surface area contributed by atoms with Crippen LogP contribution in [0, 0.1) is 0 Å². The van der Waals surface area contributed by atoms with E-state index < -0.39 is 40.5 Å². The van der Waals surface area contributed by atoms with Crippen LogP contribution in [0.5, 0.6) is 0 Å². The molecule has 0 aromatic carbocycles. The van der Waals surface area contributed by atoms with Crippen molar-refractivity contribution in [2.24, 2.45) is 5.73 Å². The normalized spacial score (nSPS) is 10.4. The lowest BCUT2D eigenvalue weighted by Gasteiger charge is -1.95. The fourth-order valence-electron chi connectivity index (χ4n) is 0.221. The molecule has 0 saturated heterocycles. The smallest absolute Gasteiger partial charge is 0.332 e. The number of aliphatic hydroxyl groups is 1. The van der Waals surface area contributed by atoms with Crippen molar-refractivity contribution in [3.05, 3.63) is 0 Å². The SMILES string of the molecule is NC(C(=O)O)C(=O)O.O=S(=O)(O)CCO. The molecule has 15 heavy (non-hydrogen) atoms. The molecule has 0 radical (unpaired) electrons. The second-order valence-electron chi connectivity index (χ2n) is 2.16. The Kier molecular flexibility index (Phi) is 7.69. The predicted molar refractivity (Wildman–Crippen MR) is 46.7 cm³/mol. The number of aliphatic carboxylic acids is 2. The summed E-state index contributed by atoms with van der Waals surface area (Å²) in [4.78, 5) is 19.3. The molecule has 0 aromatic rings. The zero-order valence-electron chi connectivity index (χ0n) is 7.40. The number of carboxylic acids is 2. The van der Waals surface area contributed by atoms with Crippen LogP contribution in [0.3, 0.4) is 0 Å². The van der Waals surface area contributed by atoms with Gasteiger partial charge in [0.1, 0.15) is 0 Å². The maximum atomic E-state index is 9.63. The predicted octanol–water partition coefficient (Wildman–Crippen LogP) is -2.65. The first-order valence-electron chi connectivity index (χ1n) is 3.39. The Labute approximate surface area is 84.9 Å². The van der Waals surface area contributed by atoms with Gasteiger partial charge in [0.2, 0.25) is 6.04 Å². The average Bonchev–Trinajstić information content (AvgIpc) is 2.01. The van der Waals surface area contributed by atoms with Crippen LogP contribution in [0.15, 0.2) is 0 Å². The first-order chi connectivity index (χ1) is 6.61. The quantitative estimate of drug-likeness (QED) is 0.261. The van der Waals surface area contributed by atoms with Crippen molar-refractivity contribution in [1.29, 1.82) is 0 Å². The number of carbonyl (C=O) groups is 2. The van der Waals surface area contributed by atoms with Gasteiger partial charge in [-0.2, -0.15) is 8.42 Å². The van der Waals surface area contributed by atoms with Gasteiger partial charge in [-0.1, -0.05) is 0 Å². The van der Waals surface area contributed by atoms with Crippen LogP contribution in [-0.2, 0) is 19.7 Å².